The molecule has 0 bridgehead atoms. The van der Waals surface area contributed by atoms with E-state index in [2.05, 4.69) is 15.3 Å². The van der Waals surface area contributed by atoms with Crippen LogP contribution in [0.3, 0.4) is 0 Å². The molecule has 0 saturated carbocycles. The van der Waals surface area contributed by atoms with E-state index in [0.717, 1.165) is 30.5 Å². The lowest BCUT2D eigenvalue weighted by molar-refractivity contribution is 0.669. The van der Waals surface area contributed by atoms with Crippen LogP contribution in [-0.4, -0.2) is 32.5 Å². The van der Waals surface area contributed by atoms with Crippen molar-refractivity contribution in [1.82, 2.24) is 15.3 Å². The molecule has 102 valence electrons. The molecule has 1 saturated heterocycles. The predicted molar refractivity (Wildman–Crippen MR) is 79.5 cm³/mol. The zero-order chi connectivity index (χ0) is 12.5. The summed E-state index contributed by atoms with van der Waals surface area (Å²) in [4.78, 5) is 8.65. The molecule has 1 aliphatic rings. The molecule has 2 atom stereocenters. The van der Waals surface area contributed by atoms with Gasteiger partial charge < -0.3 is 5.32 Å². The zero-order valence-corrected chi connectivity index (χ0v) is 12.4. The molecule has 1 fully saturated rings. The highest BCUT2D eigenvalue weighted by Crippen LogP contribution is 2.23. The number of nitrogens with one attached hydrogen (secondary N) is 1. The molecule has 1 aliphatic heterocycles. The van der Waals surface area contributed by atoms with Gasteiger partial charge >= 0.3 is 0 Å². The van der Waals surface area contributed by atoms with Crippen molar-refractivity contribution < 1.29 is 4.21 Å². The molecular weight excluding hydrogens is 305 g/mol. The average Bonchev–Trinajstić information content (AvgIpc) is 2.91. The molecule has 1 aromatic heterocycles. The molecule has 1 aromatic carbocycles. The highest BCUT2D eigenvalue weighted by atomic mass is 35.5. The van der Waals surface area contributed by atoms with Crippen molar-refractivity contribution in [1.29, 1.82) is 0 Å². The van der Waals surface area contributed by atoms with Crippen LogP contribution in [0.1, 0.15) is 6.42 Å². The minimum absolute atomic E-state index is 0. The number of para-hydroxylation sites is 2. The lowest BCUT2D eigenvalue weighted by atomic mass is 10.3. The van der Waals surface area contributed by atoms with Gasteiger partial charge in [-0.15, -0.1) is 12.4 Å². The van der Waals surface area contributed by atoms with E-state index in [-0.39, 0.29) is 22.8 Å². The first-order valence-corrected chi connectivity index (χ1v) is 7.38. The van der Waals surface area contributed by atoms with E-state index in [1.165, 1.54) is 0 Å². The van der Waals surface area contributed by atoms with E-state index in [1.54, 1.807) is 0 Å². The molecule has 4 nitrogen and oxygen atoms in total. The summed E-state index contributed by atoms with van der Waals surface area (Å²) < 4.78 is 12.4. The van der Waals surface area contributed by atoms with E-state index in [1.807, 2.05) is 24.3 Å². The van der Waals surface area contributed by atoms with E-state index >= 15 is 0 Å². The first-order valence-electron chi connectivity index (χ1n) is 5.79. The van der Waals surface area contributed by atoms with Crippen molar-refractivity contribution in [3.05, 3.63) is 29.4 Å². The van der Waals surface area contributed by atoms with Gasteiger partial charge in [0.25, 0.3) is 0 Å². The van der Waals surface area contributed by atoms with Crippen LogP contribution in [-0.2, 0) is 10.8 Å². The highest BCUT2D eigenvalue weighted by molar-refractivity contribution is 7.85. The Labute approximate surface area is 124 Å². The van der Waals surface area contributed by atoms with Gasteiger partial charge in [-0.3, -0.25) is 4.21 Å². The lowest BCUT2D eigenvalue weighted by Gasteiger charge is -2.09. The molecule has 19 heavy (non-hydrogen) atoms. The second-order valence-corrected chi connectivity index (χ2v) is 6.23. The Balaban J connectivity index is 0.00000133. The fourth-order valence-corrected chi connectivity index (χ4v) is 3.74. The molecular formula is C12H13Cl2N3OS. The smallest absolute Gasteiger partial charge is 0.165 e. The maximum atomic E-state index is 12.4. The number of benzene rings is 1. The lowest BCUT2D eigenvalue weighted by Crippen LogP contribution is -2.20. The molecule has 0 aliphatic carbocycles. The topological polar surface area (TPSA) is 54.9 Å². The van der Waals surface area contributed by atoms with Crippen LogP contribution in [0.25, 0.3) is 11.0 Å². The molecule has 7 heteroatoms. The predicted octanol–water partition coefficient (Wildman–Crippen LogP) is 2.17. The monoisotopic (exact) mass is 317 g/mol. The van der Waals surface area contributed by atoms with E-state index < -0.39 is 10.8 Å². The second-order valence-electron chi connectivity index (χ2n) is 4.22. The summed E-state index contributed by atoms with van der Waals surface area (Å²) >= 11 is 6.09. The minimum Gasteiger partial charge on any atom is -0.315 e. The van der Waals surface area contributed by atoms with Crippen LogP contribution in [0.2, 0.25) is 5.15 Å². The van der Waals surface area contributed by atoms with Crippen LogP contribution in [0.15, 0.2) is 29.3 Å². The van der Waals surface area contributed by atoms with Gasteiger partial charge in [0.15, 0.2) is 10.2 Å². The quantitative estimate of drug-likeness (QED) is 0.922. The van der Waals surface area contributed by atoms with Crippen LogP contribution in [0, 0.1) is 0 Å². The molecule has 0 spiro atoms. The standard InChI is InChI=1S/C12H12ClN3OS.ClH/c13-11-12(18(17)8-5-6-14-7-8)16-10-4-2-1-3-9(10)15-11;/h1-4,8,14H,5-7H2;1H. The summed E-state index contributed by atoms with van der Waals surface area (Å²) in [7, 11) is -1.19. The van der Waals surface area contributed by atoms with E-state index in [0.29, 0.717) is 5.03 Å². The summed E-state index contributed by atoms with van der Waals surface area (Å²) in [6.45, 7) is 1.65. The first-order chi connectivity index (χ1) is 8.75. The Bertz CT molecular complexity index is 617. The Morgan fingerprint density at radius 1 is 1.26 bits per heavy atom. The number of hydrogen-bond acceptors (Lipinski definition) is 4. The fraction of sp³-hybridized carbons (Fsp3) is 0.333. The van der Waals surface area contributed by atoms with Crippen molar-refractivity contribution in [2.75, 3.05) is 13.1 Å². The van der Waals surface area contributed by atoms with Crippen molar-refractivity contribution in [2.45, 2.75) is 16.7 Å². The third-order valence-corrected chi connectivity index (χ3v) is 5.06. The highest BCUT2D eigenvalue weighted by Gasteiger charge is 2.25. The number of halogens is 2. The van der Waals surface area contributed by atoms with Gasteiger partial charge in [-0.05, 0) is 25.1 Å². The summed E-state index contributed by atoms with van der Waals surface area (Å²) in [6, 6.07) is 7.46. The van der Waals surface area contributed by atoms with Crippen molar-refractivity contribution in [2.24, 2.45) is 0 Å². The number of rotatable bonds is 2. The maximum Gasteiger partial charge on any atom is 0.165 e. The molecule has 0 amide bonds. The first kappa shape index (κ1) is 14.7. The molecule has 2 unspecified atom stereocenters. The van der Waals surface area contributed by atoms with Crippen molar-refractivity contribution in [3.8, 4) is 0 Å². The summed E-state index contributed by atoms with van der Waals surface area (Å²) in [5.41, 5.74) is 1.46. The van der Waals surface area contributed by atoms with E-state index in [9.17, 15) is 4.21 Å². The third kappa shape index (κ3) is 2.89. The fourth-order valence-electron chi connectivity index (χ4n) is 2.06. The Kier molecular flexibility index (Phi) is 4.73. The van der Waals surface area contributed by atoms with Crippen molar-refractivity contribution in [3.63, 3.8) is 0 Å². The largest absolute Gasteiger partial charge is 0.315 e. The van der Waals surface area contributed by atoms with Gasteiger partial charge in [-0.25, -0.2) is 9.97 Å². The summed E-state index contributed by atoms with van der Waals surface area (Å²) in [6.07, 6.45) is 0.886. The SMILES string of the molecule is Cl.O=S(c1nc2ccccc2nc1Cl)C1CCNC1. The minimum atomic E-state index is -1.19. The Morgan fingerprint density at radius 3 is 2.58 bits per heavy atom. The molecule has 0 radical (unpaired) electrons. The third-order valence-electron chi connectivity index (χ3n) is 3.01. The van der Waals surface area contributed by atoms with Gasteiger partial charge in [0.1, 0.15) is 0 Å². The van der Waals surface area contributed by atoms with Crippen molar-refractivity contribution >= 4 is 45.8 Å². The van der Waals surface area contributed by atoms with Gasteiger partial charge in [0, 0.05) is 6.54 Å². The van der Waals surface area contributed by atoms with Gasteiger partial charge in [0.05, 0.1) is 27.1 Å². The van der Waals surface area contributed by atoms with Gasteiger partial charge in [0.2, 0.25) is 0 Å². The summed E-state index contributed by atoms with van der Waals surface area (Å²) in [5.74, 6) is 0. The van der Waals surface area contributed by atoms with Crippen LogP contribution in [0.5, 0.6) is 0 Å². The maximum absolute atomic E-state index is 12.4. The average molecular weight is 318 g/mol. The van der Waals surface area contributed by atoms with E-state index in [4.69, 9.17) is 11.6 Å². The molecule has 1 N–H and O–H groups in total. The van der Waals surface area contributed by atoms with Gasteiger partial charge in [-0.2, -0.15) is 0 Å². The number of nitrogens with zero attached hydrogens (tertiary/aromatic N) is 2. The normalized spacial score (nSPS) is 20.2. The summed E-state index contributed by atoms with van der Waals surface area (Å²) in [5, 5.41) is 3.93. The van der Waals surface area contributed by atoms with Crippen LogP contribution in [0.4, 0.5) is 0 Å². The molecule has 3 rings (SSSR count). The molecule has 2 heterocycles. The second kappa shape index (κ2) is 6.13. The zero-order valence-electron chi connectivity index (χ0n) is 10.0. The molecule has 2 aromatic rings. The Morgan fingerprint density at radius 2 is 1.95 bits per heavy atom. The number of fused-ring (bicyclic) bond motifs is 1. The number of hydrogen-bond donors (Lipinski definition) is 1. The van der Waals surface area contributed by atoms with Crippen LogP contribution < -0.4 is 5.32 Å². The number of aromatic nitrogens is 2. The Hall–Kier alpha value is -0.750. The van der Waals surface area contributed by atoms with Gasteiger partial charge in [-0.1, -0.05) is 23.7 Å². The van der Waals surface area contributed by atoms with Crippen LogP contribution >= 0.6 is 24.0 Å².